The third-order valence-electron chi connectivity index (χ3n) is 4.28. The van der Waals surface area contributed by atoms with E-state index in [0.29, 0.717) is 12.0 Å². The fourth-order valence-corrected chi connectivity index (χ4v) is 3.67. The fourth-order valence-electron chi connectivity index (χ4n) is 2.99. The maximum atomic E-state index is 4.46. The third kappa shape index (κ3) is 4.13. The van der Waals surface area contributed by atoms with Crippen LogP contribution in [-0.2, 0) is 0 Å². The Labute approximate surface area is 143 Å². The van der Waals surface area contributed by atoms with Crippen LogP contribution in [0.2, 0.25) is 0 Å². The van der Waals surface area contributed by atoms with E-state index in [1.54, 1.807) is 11.3 Å². The predicted octanol–water partition coefficient (Wildman–Crippen LogP) is 3.34. The van der Waals surface area contributed by atoms with Crippen LogP contribution in [-0.4, -0.2) is 42.1 Å². The monoisotopic (exact) mass is 325 g/mol. The van der Waals surface area contributed by atoms with E-state index in [1.165, 1.54) is 0 Å². The summed E-state index contributed by atoms with van der Waals surface area (Å²) >= 11 is 1.73. The molecule has 0 N–H and O–H groups in total. The van der Waals surface area contributed by atoms with Gasteiger partial charge in [0.05, 0.1) is 6.54 Å². The number of piperazine rings is 1. The molecule has 1 unspecified atom stereocenters. The molecule has 3 rings (SSSR count). The van der Waals surface area contributed by atoms with Crippen molar-refractivity contribution in [1.82, 2.24) is 9.88 Å². The van der Waals surface area contributed by atoms with Crippen LogP contribution in [0.4, 0.5) is 5.13 Å². The van der Waals surface area contributed by atoms with Gasteiger partial charge in [0, 0.05) is 42.8 Å². The number of aromatic nitrogens is 1. The van der Waals surface area contributed by atoms with Gasteiger partial charge in [0.1, 0.15) is 0 Å². The van der Waals surface area contributed by atoms with Crippen molar-refractivity contribution in [3.8, 4) is 11.8 Å². The average molecular weight is 325 g/mol. The molecule has 0 radical (unpaired) electrons. The number of hydrogen-bond donors (Lipinski definition) is 0. The molecule has 1 aliphatic rings. The summed E-state index contributed by atoms with van der Waals surface area (Å²) in [5, 5.41) is 3.20. The largest absolute Gasteiger partial charge is 0.345 e. The first-order chi connectivity index (χ1) is 11.2. The van der Waals surface area contributed by atoms with Crippen LogP contribution in [0.1, 0.15) is 19.4 Å². The van der Waals surface area contributed by atoms with E-state index in [2.05, 4.69) is 58.0 Å². The van der Waals surface area contributed by atoms with Crippen molar-refractivity contribution in [3.05, 3.63) is 47.5 Å². The Balaban J connectivity index is 1.64. The van der Waals surface area contributed by atoms with Crippen LogP contribution >= 0.6 is 11.3 Å². The Kier molecular flexibility index (Phi) is 5.32. The van der Waals surface area contributed by atoms with Gasteiger partial charge in [-0.15, -0.1) is 11.3 Å². The predicted molar refractivity (Wildman–Crippen MR) is 97.8 cm³/mol. The van der Waals surface area contributed by atoms with Crippen molar-refractivity contribution in [2.45, 2.75) is 19.9 Å². The molecule has 1 fully saturated rings. The topological polar surface area (TPSA) is 19.4 Å². The molecular weight excluding hydrogens is 302 g/mol. The highest BCUT2D eigenvalue weighted by atomic mass is 32.1. The van der Waals surface area contributed by atoms with Gasteiger partial charge >= 0.3 is 0 Å². The van der Waals surface area contributed by atoms with E-state index in [0.717, 1.165) is 36.9 Å². The number of rotatable bonds is 3. The molecule has 1 aromatic carbocycles. The van der Waals surface area contributed by atoms with Crippen LogP contribution in [0.3, 0.4) is 0 Å². The molecule has 0 saturated carbocycles. The third-order valence-corrected chi connectivity index (χ3v) is 5.11. The van der Waals surface area contributed by atoms with Crippen LogP contribution in [0.25, 0.3) is 0 Å². The number of hydrogen-bond acceptors (Lipinski definition) is 4. The van der Waals surface area contributed by atoms with Crippen molar-refractivity contribution in [3.63, 3.8) is 0 Å². The van der Waals surface area contributed by atoms with Gasteiger partial charge in [-0.1, -0.05) is 43.9 Å². The Hall–Kier alpha value is -1.83. The van der Waals surface area contributed by atoms with Gasteiger partial charge in [0.15, 0.2) is 5.13 Å². The minimum atomic E-state index is 0.526. The highest BCUT2D eigenvalue weighted by Crippen LogP contribution is 2.24. The summed E-state index contributed by atoms with van der Waals surface area (Å²) in [4.78, 5) is 9.39. The molecule has 0 amide bonds. The average Bonchev–Trinajstić information content (AvgIpc) is 3.10. The number of benzene rings is 1. The Morgan fingerprint density at radius 3 is 2.78 bits per heavy atom. The summed E-state index contributed by atoms with van der Waals surface area (Å²) < 4.78 is 0. The standard InChI is InChI=1S/C19H23N3S/c1-16(2)18-15-22(19-20-10-14-23-19)13-12-21(18)11-6-9-17-7-4-3-5-8-17/h3-5,7-8,10,14,16,18H,11-13,15H2,1-2H3. The highest BCUT2D eigenvalue weighted by Gasteiger charge is 2.29. The summed E-state index contributed by atoms with van der Waals surface area (Å²) in [7, 11) is 0. The maximum Gasteiger partial charge on any atom is 0.185 e. The molecule has 1 saturated heterocycles. The molecule has 3 nitrogen and oxygen atoms in total. The van der Waals surface area contributed by atoms with E-state index in [4.69, 9.17) is 0 Å². The zero-order valence-electron chi connectivity index (χ0n) is 13.8. The minimum absolute atomic E-state index is 0.526. The van der Waals surface area contributed by atoms with Crippen molar-refractivity contribution < 1.29 is 0 Å². The molecule has 0 aliphatic carbocycles. The molecule has 2 aromatic rings. The second kappa shape index (κ2) is 7.63. The summed E-state index contributed by atoms with van der Waals surface area (Å²) in [6, 6.07) is 10.7. The molecule has 1 aliphatic heterocycles. The number of nitrogens with zero attached hydrogens (tertiary/aromatic N) is 3. The molecule has 2 heterocycles. The van der Waals surface area contributed by atoms with E-state index in [9.17, 15) is 0 Å². The lowest BCUT2D eigenvalue weighted by molar-refractivity contribution is 0.156. The van der Waals surface area contributed by atoms with E-state index >= 15 is 0 Å². The first-order valence-electron chi connectivity index (χ1n) is 8.16. The zero-order chi connectivity index (χ0) is 16.1. The number of anilines is 1. The normalized spacial score (nSPS) is 18.7. The van der Waals surface area contributed by atoms with Crippen molar-refractivity contribution in [2.24, 2.45) is 5.92 Å². The summed E-state index contributed by atoms with van der Waals surface area (Å²) in [5.74, 6) is 7.23. The van der Waals surface area contributed by atoms with Gasteiger partial charge in [-0.2, -0.15) is 0 Å². The van der Waals surface area contributed by atoms with Gasteiger partial charge in [0.25, 0.3) is 0 Å². The maximum absolute atomic E-state index is 4.46. The summed E-state index contributed by atoms with van der Waals surface area (Å²) in [6.07, 6.45) is 1.89. The molecular formula is C19H23N3S. The molecule has 0 bridgehead atoms. The molecule has 4 heteroatoms. The number of thiazole rings is 1. The van der Waals surface area contributed by atoms with Gasteiger partial charge < -0.3 is 4.90 Å². The van der Waals surface area contributed by atoms with Crippen LogP contribution in [0.5, 0.6) is 0 Å². The van der Waals surface area contributed by atoms with Gasteiger partial charge in [-0.05, 0) is 18.1 Å². The van der Waals surface area contributed by atoms with E-state index in [-0.39, 0.29) is 0 Å². The SMILES string of the molecule is CC(C)C1CN(c2nccs2)CCN1CC#Cc1ccccc1. The molecule has 1 aromatic heterocycles. The van der Waals surface area contributed by atoms with Crippen molar-refractivity contribution in [1.29, 1.82) is 0 Å². The Morgan fingerprint density at radius 2 is 2.09 bits per heavy atom. The molecule has 1 atom stereocenters. The Bertz CT molecular complexity index is 655. The second-order valence-corrected chi connectivity index (χ2v) is 7.08. The fraction of sp³-hybridized carbons (Fsp3) is 0.421. The van der Waals surface area contributed by atoms with Gasteiger partial charge in [-0.25, -0.2) is 4.98 Å². The lowest BCUT2D eigenvalue weighted by Gasteiger charge is -2.42. The second-order valence-electron chi connectivity index (χ2n) is 6.21. The van der Waals surface area contributed by atoms with E-state index in [1.807, 2.05) is 24.4 Å². The zero-order valence-corrected chi connectivity index (χ0v) is 14.6. The lowest BCUT2D eigenvalue weighted by Crippen LogP contribution is -2.55. The highest BCUT2D eigenvalue weighted by molar-refractivity contribution is 7.13. The quantitative estimate of drug-likeness (QED) is 0.807. The lowest BCUT2D eigenvalue weighted by atomic mass is 10.00. The van der Waals surface area contributed by atoms with E-state index < -0.39 is 0 Å². The van der Waals surface area contributed by atoms with Crippen molar-refractivity contribution >= 4 is 16.5 Å². The minimum Gasteiger partial charge on any atom is -0.345 e. The smallest absolute Gasteiger partial charge is 0.185 e. The first kappa shape index (κ1) is 16.0. The Morgan fingerprint density at radius 1 is 1.26 bits per heavy atom. The van der Waals surface area contributed by atoms with Crippen molar-refractivity contribution in [2.75, 3.05) is 31.1 Å². The molecule has 23 heavy (non-hydrogen) atoms. The van der Waals surface area contributed by atoms with Crippen LogP contribution in [0, 0.1) is 17.8 Å². The first-order valence-corrected chi connectivity index (χ1v) is 9.04. The summed E-state index contributed by atoms with van der Waals surface area (Å²) in [6.45, 7) is 8.55. The van der Waals surface area contributed by atoms with Crippen LogP contribution in [0.15, 0.2) is 41.9 Å². The molecule has 0 spiro atoms. The van der Waals surface area contributed by atoms with Gasteiger partial charge in [0.2, 0.25) is 0 Å². The van der Waals surface area contributed by atoms with Crippen LogP contribution < -0.4 is 4.90 Å². The van der Waals surface area contributed by atoms with Gasteiger partial charge in [-0.3, -0.25) is 4.90 Å². The molecule has 120 valence electrons. The summed E-state index contributed by atoms with van der Waals surface area (Å²) in [5.41, 5.74) is 1.09.